The smallest absolute Gasteiger partial charge is 0.415 e. The summed E-state index contributed by atoms with van der Waals surface area (Å²) in [5.74, 6) is 0.185. The maximum absolute atomic E-state index is 13.6. The number of piperidine rings is 2. The Morgan fingerprint density at radius 3 is 2.71 bits per heavy atom. The number of carbonyl (C=O) groups is 1. The Morgan fingerprint density at radius 1 is 1.15 bits per heavy atom. The van der Waals surface area contributed by atoms with Crippen LogP contribution in [0.2, 0.25) is 0 Å². The van der Waals surface area contributed by atoms with Crippen LogP contribution in [-0.2, 0) is 11.3 Å². The van der Waals surface area contributed by atoms with Gasteiger partial charge in [-0.25, -0.2) is 18.5 Å². The van der Waals surface area contributed by atoms with Crippen molar-refractivity contribution >= 4 is 23.9 Å². The average molecular weight is 482 g/mol. The van der Waals surface area contributed by atoms with Crippen molar-refractivity contribution < 1.29 is 13.9 Å². The van der Waals surface area contributed by atoms with Gasteiger partial charge in [0.1, 0.15) is 24.3 Å². The van der Waals surface area contributed by atoms with Crippen molar-refractivity contribution in [2.45, 2.75) is 37.1 Å². The first-order chi connectivity index (χ1) is 16.5. The second kappa shape index (κ2) is 9.90. The van der Waals surface area contributed by atoms with Crippen LogP contribution in [0, 0.1) is 22.6 Å². The molecule has 1 spiro atoms. The van der Waals surface area contributed by atoms with Gasteiger partial charge >= 0.3 is 6.09 Å². The average Bonchev–Trinajstić information content (AvgIpc) is 3.28. The van der Waals surface area contributed by atoms with Crippen LogP contribution in [0.4, 0.5) is 15.0 Å². The SMILES string of the molecule is N#Cc1cc(CN2CCC3(CCCN(Sc4ccc(N5CCOC5=O)nc4)C3)CC2)ccc1F. The number of nitrogens with zero attached hydrogens (tertiary/aromatic N) is 5. The third kappa shape index (κ3) is 5.04. The number of hydrogen-bond donors (Lipinski definition) is 0. The zero-order chi connectivity index (χ0) is 23.5. The number of rotatable bonds is 5. The van der Waals surface area contributed by atoms with Gasteiger partial charge in [0, 0.05) is 30.7 Å². The normalized spacial score (nSPS) is 20.9. The summed E-state index contributed by atoms with van der Waals surface area (Å²) in [7, 11) is 0. The number of carbonyl (C=O) groups excluding carboxylic acids is 1. The Labute approximate surface area is 203 Å². The molecule has 4 heterocycles. The fourth-order valence-electron chi connectivity index (χ4n) is 5.19. The molecule has 3 aliphatic heterocycles. The fraction of sp³-hybridized carbons (Fsp3) is 0.480. The number of amides is 1. The lowest BCUT2D eigenvalue weighted by atomic mass is 9.73. The third-order valence-corrected chi connectivity index (χ3v) is 8.12. The summed E-state index contributed by atoms with van der Waals surface area (Å²) < 4.78 is 21.1. The van der Waals surface area contributed by atoms with Crippen LogP contribution < -0.4 is 4.90 Å². The Morgan fingerprint density at radius 2 is 2.00 bits per heavy atom. The van der Waals surface area contributed by atoms with Gasteiger partial charge in [-0.3, -0.25) is 9.80 Å². The minimum atomic E-state index is -0.452. The summed E-state index contributed by atoms with van der Waals surface area (Å²) >= 11 is 1.75. The number of aromatic nitrogens is 1. The fourth-order valence-corrected chi connectivity index (χ4v) is 6.27. The number of halogens is 1. The number of nitriles is 1. The van der Waals surface area contributed by atoms with Crippen LogP contribution in [0.25, 0.3) is 0 Å². The molecular weight excluding hydrogens is 453 g/mol. The van der Waals surface area contributed by atoms with Gasteiger partial charge in [0.25, 0.3) is 0 Å². The van der Waals surface area contributed by atoms with E-state index in [-0.39, 0.29) is 11.7 Å². The molecule has 0 bridgehead atoms. The van der Waals surface area contributed by atoms with Gasteiger partial charge in [-0.1, -0.05) is 6.07 Å². The molecule has 7 nitrogen and oxygen atoms in total. The Bertz CT molecular complexity index is 1080. The summed E-state index contributed by atoms with van der Waals surface area (Å²) in [6.07, 6.45) is 6.23. The molecule has 1 amide bonds. The van der Waals surface area contributed by atoms with Crippen molar-refractivity contribution in [1.82, 2.24) is 14.2 Å². The summed E-state index contributed by atoms with van der Waals surface area (Å²) in [5, 5.41) is 9.08. The van der Waals surface area contributed by atoms with E-state index in [4.69, 9.17) is 10.00 Å². The predicted molar refractivity (Wildman–Crippen MR) is 128 cm³/mol. The highest BCUT2D eigenvalue weighted by Gasteiger charge is 2.38. The molecule has 3 saturated heterocycles. The van der Waals surface area contributed by atoms with Crippen molar-refractivity contribution in [2.75, 3.05) is 44.2 Å². The van der Waals surface area contributed by atoms with Crippen LogP contribution in [0.15, 0.2) is 41.4 Å². The number of likely N-dealkylation sites (tertiary alicyclic amines) is 1. The van der Waals surface area contributed by atoms with E-state index in [0.29, 0.717) is 24.4 Å². The molecule has 34 heavy (non-hydrogen) atoms. The zero-order valence-corrected chi connectivity index (χ0v) is 19.9. The van der Waals surface area contributed by atoms with Gasteiger partial charge in [0.2, 0.25) is 0 Å². The molecule has 3 aliphatic rings. The quantitative estimate of drug-likeness (QED) is 0.585. The third-order valence-electron chi connectivity index (χ3n) is 7.09. The van der Waals surface area contributed by atoms with Crippen LogP contribution in [0.3, 0.4) is 0 Å². The highest BCUT2D eigenvalue weighted by molar-refractivity contribution is 7.97. The van der Waals surface area contributed by atoms with E-state index in [1.165, 1.54) is 18.9 Å². The standard InChI is InChI=1S/C25H28FN5O2S/c26-22-4-2-19(14-20(22)15-27)17-29-10-7-25(8-11-29)6-1-9-30(18-25)34-21-3-5-23(28-16-21)31-12-13-33-24(31)32/h2-5,14,16H,1,6-13,17-18H2. The molecule has 0 N–H and O–H groups in total. The molecule has 0 atom stereocenters. The van der Waals surface area contributed by atoms with Gasteiger partial charge in [-0.05, 0) is 86.0 Å². The monoisotopic (exact) mass is 481 g/mol. The molecular formula is C25H28FN5O2S. The highest BCUT2D eigenvalue weighted by atomic mass is 32.2. The van der Waals surface area contributed by atoms with E-state index in [1.807, 2.05) is 24.4 Å². The predicted octanol–water partition coefficient (Wildman–Crippen LogP) is 4.43. The van der Waals surface area contributed by atoms with E-state index in [9.17, 15) is 9.18 Å². The second-order valence-electron chi connectivity index (χ2n) is 9.38. The largest absolute Gasteiger partial charge is 0.447 e. The first-order valence-corrected chi connectivity index (χ1v) is 12.6. The summed E-state index contributed by atoms with van der Waals surface area (Å²) in [4.78, 5) is 21.3. The number of cyclic esters (lactones) is 1. The lowest BCUT2D eigenvalue weighted by Gasteiger charge is -2.47. The highest BCUT2D eigenvalue weighted by Crippen LogP contribution is 2.43. The first kappa shape index (κ1) is 23.1. The minimum absolute atomic E-state index is 0.119. The number of pyridine rings is 1. The second-order valence-corrected chi connectivity index (χ2v) is 10.5. The molecule has 0 unspecified atom stereocenters. The molecule has 178 valence electrons. The molecule has 5 rings (SSSR count). The van der Waals surface area contributed by atoms with Crippen molar-refractivity contribution in [3.8, 4) is 6.07 Å². The molecule has 1 aromatic carbocycles. The molecule has 1 aromatic heterocycles. The number of ether oxygens (including phenoxy) is 1. The van der Waals surface area contributed by atoms with E-state index < -0.39 is 5.82 Å². The van der Waals surface area contributed by atoms with Crippen molar-refractivity contribution in [3.05, 3.63) is 53.5 Å². The molecule has 9 heteroatoms. The van der Waals surface area contributed by atoms with E-state index in [0.717, 1.165) is 56.0 Å². The number of benzene rings is 1. The van der Waals surface area contributed by atoms with Gasteiger partial charge in [0.05, 0.1) is 12.1 Å². The van der Waals surface area contributed by atoms with Gasteiger partial charge in [-0.15, -0.1) is 0 Å². The lowest BCUT2D eigenvalue weighted by Crippen LogP contribution is -2.47. The van der Waals surface area contributed by atoms with Crippen LogP contribution in [0.1, 0.15) is 36.8 Å². The molecule has 0 radical (unpaired) electrons. The maximum atomic E-state index is 13.6. The summed E-state index contributed by atoms with van der Waals surface area (Å²) in [5.41, 5.74) is 1.44. The van der Waals surface area contributed by atoms with Crippen LogP contribution in [0.5, 0.6) is 0 Å². The molecule has 0 aliphatic carbocycles. The van der Waals surface area contributed by atoms with Gasteiger partial charge in [-0.2, -0.15) is 5.26 Å². The van der Waals surface area contributed by atoms with E-state index in [1.54, 1.807) is 29.0 Å². The maximum Gasteiger partial charge on any atom is 0.415 e. The number of hydrogen-bond acceptors (Lipinski definition) is 7. The zero-order valence-electron chi connectivity index (χ0n) is 19.1. The van der Waals surface area contributed by atoms with E-state index >= 15 is 0 Å². The lowest BCUT2D eigenvalue weighted by molar-refractivity contribution is 0.0526. The Balaban J connectivity index is 1.15. The Hall–Kier alpha value is -2.67. The first-order valence-electron chi connectivity index (χ1n) is 11.8. The number of anilines is 1. The Kier molecular flexibility index (Phi) is 6.73. The molecule has 3 fully saturated rings. The summed E-state index contributed by atoms with van der Waals surface area (Å²) in [6.45, 7) is 5.86. The van der Waals surface area contributed by atoms with Crippen molar-refractivity contribution in [1.29, 1.82) is 5.26 Å². The van der Waals surface area contributed by atoms with Gasteiger partial charge in [0.15, 0.2) is 0 Å². The van der Waals surface area contributed by atoms with Crippen molar-refractivity contribution in [3.63, 3.8) is 0 Å². The summed E-state index contributed by atoms with van der Waals surface area (Å²) in [6, 6.07) is 10.7. The van der Waals surface area contributed by atoms with Crippen molar-refractivity contribution in [2.24, 2.45) is 5.41 Å². The van der Waals surface area contributed by atoms with Crippen LogP contribution >= 0.6 is 11.9 Å². The molecule has 2 aromatic rings. The van der Waals surface area contributed by atoms with Crippen LogP contribution in [-0.4, -0.2) is 59.6 Å². The van der Waals surface area contributed by atoms with E-state index in [2.05, 4.69) is 14.2 Å². The molecule has 0 saturated carbocycles. The minimum Gasteiger partial charge on any atom is -0.447 e. The topological polar surface area (TPSA) is 72.7 Å². The van der Waals surface area contributed by atoms with Gasteiger partial charge < -0.3 is 4.74 Å².